The lowest BCUT2D eigenvalue weighted by atomic mass is 10.1. The van der Waals surface area contributed by atoms with Gasteiger partial charge in [0.1, 0.15) is 0 Å². The van der Waals surface area contributed by atoms with Gasteiger partial charge in [-0.25, -0.2) is 0 Å². The van der Waals surface area contributed by atoms with Crippen molar-refractivity contribution < 1.29 is 4.79 Å². The Labute approximate surface area is 135 Å². The van der Waals surface area contributed by atoms with Crippen LogP contribution in [0.15, 0.2) is 52.1 Å². The smallest absolute Gasteiger partial charge is 0.314 e. The zero-order valence-electron chi connectivity index (χ0n) is 11.9. The third-order valence-electron chi connectivity index (χ3n) is 3.38. The molecule has 1 aromatic heterocycles. The molecule has 0 saturated carbocycles. The van der Waals surface area contributed by atoms with Crippen LogP contribution in [0.1, 0.15) is 15.9 Å². The van der Waals surface area contributed by atoms with E-state index in [1.54, 1.807) is 18.2 Å². The van der Waals surface area contributed by atoms with Gasteiger partial charge in [-0.2, -0.15) is 0 Å². The summed E-state index contributed by atoms with van der Waals surface area (Å²) in [5, 5.41) is 3.34. The van der Waals surface area contributed by atoms with Gasteiger partial charge in [0.2, 0.25) is 0 Å². The van der Waals surface area contributed by atoms with Crippen molar-refractivity contribution in [2.24, 2.45) is 0 Å². The molecule has 1 amide bonds. The summed E-state index contributed by atoms with van der Waals surface area (Å²) in [6, 6.07) is 11.9. The van der Waals surface area contributed by atoms with Gasteiger partial charge in [0, 0.05) is 17.1 Å². The van der Waals surface area contributed by atoms with Gasteiger partial charge in [-0.05, 0) is 29.8 Å². The lowest BCUT2D eigenvalue weighted by Gasteiger charge is -2.07. The molecule has 0 aliphatic heterocycles. The van der Waals surface area contributed by atoms with Crippen molar-refractivity contribution in [3.63, 3.8) is 0 Å². The van der Waals surface area contributed by atoms with Crippen molar-refractivity contribution >= 4 is 28.5 Å². The zero-order valence-corrected chi connectivity index (χ0v) is 12.6. The fourth-order valence-electron chi connectivity index (χ4n) is 2.18. The molecule has 3 aromatic rings. The minimum Gasteiger partial charge on any atom is -0.348 e. The maximum atomic E-state index is 12.2. The maximum absolute atomic E-state index is 12.2. The number of fused-ring (bicyclic) bond motifs is 1. The summed E-state index contributed by atoms with van der Waals surface area (Å²) in [6.45, 7) is 0.290. The van der Waals surface area contributed by atoms with Crippen LogP contribution in [-0.4, -0.2) is 15.9 Å². The molecule has 0 fully saturated rings. The molecule has 7 heteroatoms. The highest BCUT2D eigenvalue weighted by Crippen LogP contribution is 2.15. The van der Waals surface area contributed by atoms with Gasteiger partial charge in [-0.15, -0.1) is 0 Å². The van der Waals surface area contributed by atoms with E-state index in [-0.39, 0.29) is 5.91 Å². The second kappa shape index (κ2) is 6.10. The third kappa shape index (κ3) is 3.17. The number of nitrogens with one attached hydrogen (secondary N) is 3. The average molecular weight is 330 g/mol. The van der Waals surface area contributed by atoms with Crippen molar-refractivity contribution in [2.75, 3.05) is 0 Å². The first-order valence-electron chi connectivity index (χ1n) is 6.82. The average Bonchev–Trinajstić information content (AvgIpc) is 2.54. The number of aromatic nitrogens is 2. The lowest BCUT2D eigenvalue weighted by Crippen LogP contribution is -2.29. The molecular weight excluding hydrogens is 318 g/mol. The summed E-state index contributed by atoms with van der Waals surface area (Å²) in [5.41, 5.74) is 0.532. The van der Waals surface area contributed by atoms with Crippen LogP contribution in [0.2, 0.25) is 5.02 Å². The van der Waals surface area contributed by atoms with Gasteiger partial charge in [0.15, 0.2) is 0 Å². The van der Waals surface area contributed by atoms with Gasteiger partial charge in [-0.1, -0.05) is 29.8 Å². The number of benzene rings is 2. The third-order valence-corrected chi connectivity index (χ3v) is 3.75. The fraction of sp³-hybridized carbons (Fsp3) is 0.0625. The van der Waals surface area contributed by atoms with Crippen LogP contribution in [0.25, 0.3) is 11.0 Å². The summed E-state index contributed by atoms with van der Waals surface area (Å²) in [5.74, 6) is -0.307. The zero-order chi connectivity index (χ0) is 16.4. The van der Waals surface area contributed by atoms with Crippen molar-refractivity contribution in [1.29, 1.82) is 0 Å². The van der Waals surface area contributed by atoms with E-state index in [4.69, 9.17) is 11.6 Å². The number of aromatic amines is 2. The van der Waals surface area contributed by atoms with Crippen LogP contribution >= 0.6 is 11.6 Å². The molecule has 0 spiro atoms. The number of hydrogen-bond donors (Lipinski definition) is 3. The Bertz CT molecular complexity index is 1010. The summed E-state index contributed by atoms with van der Waals surface area (Å²) in [6.07, 6.45) is 0. The van der Waals surface area contributed by atoms with E-state index in [0.717, 1.165) is 5.56 Å². The Hall–Kier alpha value is -2.86. The highest BCUT2D eigenvalue weighted by Gasteiger charge is 2.08. The molecule has 3 N–H and O–H groups in total. The van der Waals surface area contributed by atoms with Gasteiger partial charge >= 0.3 is 11.1 Å². The number of H-pyrrole nitrogens is 2. The van der Waals surface area contributed by atoms with Gasteiger partial charge < -0.3 is 15.3 Å². The first-order chi connectivity index (χ1) is 11.0. The Morgan fingerprint density at radius 1 is 1.00 bits per heavy atom. The molecule has 0 bridgehead atoms. The Morgan fingerprint density at radius 2 is 1.70 bits per heavy atom. The maximum Gasteiger partial charge on any atom is 0.314 e. The predicted molar refractivity (Wildman–Crippen MR) is 87.8 cm³/mol. The SMILES string of the molecule is O=C(NCc1ccccc1Cl)c1ccc2[nH]c(=O)c(=O)[nH]c2c1. The highest BCUT2D eigenvalue weighted by molar-refractivity contribution is 6.31. The van der Waals surface area contributed by atoms with Crippen molar-refractivity contribution in [3.8, 4) is 0 Å². The number of amides is 1. The lowest BCUT2D eigenvalue weighted by molar-refractivity contribution is 0.0951. The molecule has 0 atom stereocenters. The summed E-state index contributed by atoms with van der Waals surface area (Å²) >= 11 is 6.04. The number of rotatable bonds is 3. The number of halogens is 1. The molecular formula is C16H12ClN3O3. The van der Waals surface area contributed by atoms with Gasteiger partial charge in [0.05, 0.1) is 11.0 Å². The molecule has 23 heavy (non-hydrogen) atoms. The molecule has 0 aliphatic rings. The van der Waals surface area contributed by atoms with Gasteiger partial charge in [-0.3, -0.25) is 14.4 Å². The Balaban J connectivity index is 1.84. The molecule has 0 aliphatic carbocycles. The molecule has 0 unspecified atom stereocenters. The second-order valence-corrected chi connectivity index (χ2v) is 5.35. The van der Waals surface area contributed by atoms with Crippen molar-refractivity contribution in [2.45, 2.75) is 6.54 Å². The normalized spacial score (nSPS) is 10.7. The van der Waals surface area contributed by atoms with E-state index in [1.807, 2.05) is 18.2 Å². The van der Waals surface area contributed by atoms with Crippen LogP contribution in [0.4, 0.5) is 0 Å². The molecule has 3 rings (SSSR count). The second-order valence-electron chi connectivity index (χ2n) is 4.94. The molecule has 1 heterocycles. The van der Waals surface area contributed by atoms with Crippen molar-refractivity contribution in [1.82, 2.24) is 15.3 Å². The Morgan fingerprint density at radius 3 is 2.43 bits per heavy atom. The summed E-state index contributed by atoms with van der Waals surface area (Å²) < 4.78 is 0. The highest BCUT2D eigenvalue weighted by atomic mass is 35.5. The number of hydrogen-bond acceptors (Lipinski definition) is 3. The quantitative estimate of drug-likeness (QED) is 0.639. The number of carbonyl (C=O) groups excluding carboxylic acids is 1. The Kier molecular flexibility index (Phi) is 3.99. The first-order valence-corrected chi connectivity index (χ1v) is 7.20. The van der Waals surface area contributed by atoms with Crippen molar-refractivity contribution in [3.05, 3.63) is 79.3 Å². The number of carbonyl (C=O) groups is 1. The molecule has 2 aromatic carbocycles. The minimum atomic E-state index is -0.758. The van der Waals surface area contributed by atoms with E-state index >= 15 is 0 Å². The van der Waals surface area contributed by atoms with Crippen LogP contribution in [0.5, 0.6) is 0 Å². The van der Waals surface area contributed by atoms with Crippen LogP contribution < -0.4 is 16.4 Å². The predicted octanol–water partition coefficient (Wildman–Crippen LogP) is 1.80. The van der Waals surface area contributed by atoms with E-state index < -0.39 is 11.1 Å². The largest absolute Gasteiger partial charge is 0.348 e. The van der Waals surface area contributed by atoms with Crippen LogP contribution in [0, 0.1) is 0 Å². The molecule has 116 valence electrons. The standard InChI is InChI=1S/C16H12ClN3O3/c17-11-4-2-1-3-10(11)8-18-14(21)9-5-6-12-13(7-9)20-16(23)15(22)19-12/h1-7H,8H2,(H,18,21)(H,19,22)(H,20,23). The first kappa shape index (κ1) is 15.1. The van der Waals surface area contributed by atoms with E-state index in [9.17, 15) is 14.4 Å². The fourth-order valence-corrected chi connectivity index (χ4v) is 2.38. The van der Waals surface area contributed by atoms with E-state index in [0.29, 0.717) is 28.2 Å². The molecule has 0 saturated heterocycles. The summed E-state index contributed by atoms with van der Waals surface area (Å²) in [4.78, 5) is 39.7. The van der Waals surface area contributed by atoms with E-state index in [2.05, 4.69) is 15.3 Å². The monoisotopic (exact) mass is 329 g/mol. The minimum absolute atomic E-state index is 0.290. The topological polar surface area (TPSA) is 94.8 Å². The molecule has 0 radical (unpaired) electrons. The summed E-state index contributed by atoms with van der Waals surface area (Å²) in [7, 11) is 0. The van der Waals surface area contributed by atoms with Gasteiger partial charge in [0.25, 0.3) is 5.91 Å². The molecule has 6 nitrogen and oxygen atoms in total. The van der Waals surface area contributed by atoms with E-state index in [1.165, 1.54) is 6.07 Å². The van der Waals surface area contributed by atoms with Crippen LogP contribution in [0.3, 0.4) is 0 Å². The van der Waals surface area contributed by atoms with Crippen LogP contribution in [-0.2, 0) is 6.54 Å².